The van der Waals surface area contributed by atoms with Crippen LogP contribution in [-0.4, -0.2) is 20.9 Å². The minimum Gasteiger partial charge on any atom is -0.476 e. The fourth-order valence-electron chi connectivity index (χ4n) is 1.23. The van der Waals surface area contributed by atoms with E-state index in [4.69, 9.17) is 16.7 Å². The molecule has 1 aromatic rings. The average molecular weight is 201 g/mol. The average Bonchev–Trinajstić information content (AvgIpc) is 2.84. The van der Waals surface area contributed by atoms with Crippen LogP contribution < -0.4 is 0 Å². The number of aromatic carboxylic acids is 1. The lowest BCUT2D eigenvalue weighted by Gasteiger charge is -1.92. The van der Waals surface area contributed by atoms with Crippen molar-refractivity contribution in [1.29, 1.82) is 0 Å². The number of alkyl halides is 1. The second-order valence-electron chi connectivity index (χ2n) is 3.15. The van der Waals surface area contributed by atoms with Gasteiger partial charge in [0.2, 0.25) is 0 Å². The third-order valence-corrected chi connectivity index (χ3v) is 2.36. The summed E-state index contributed by atoms with van der Waals surface area (Å²) in [5.74, 6) is -0.802. The Morgan fingerprint density at radius 1 is 1.77 bits per heavy atom. The van der Waals surface area contributed by atoms with E-state index in [-0.39, 0.29) is 11.6 Å². The molecule has 1 aliphatic rings. The van der Waals surface area contributed by atoms with Gasteiger partial charge in [-0.2, -0.15) is 5.10 Å². The topological polar surface area (TPSA) is 55.1 Å². The number of hydrogen-bond acceptors (Lipinski definition) is 2. The molecule has 1 saturated carbocycles. The summed E-state index contributed by atoms with van der Waals surface area (Å²) < 4.78 is 1.71. The molecule has 0 aromatic carbocycles. The fraction of sp³-hybridized carbons (Fsp3) is 0.500. The lowest BCUT2D eigenvalue weighted by atomic mass is 10.3. The Labute approximate surface area is 80.1 Å². The van der Waals surface area contributed by atoms with Crippen molar-refractivity contribution in [2.75, 3.05) is 0 Å². The van der Waals surface area contributed by atoms with Gasteiger partial charge in [0.15, 0.2) is 5.69 Å². The van der Waals surface area contributed by atoms with E-state index in [0.717, 1.165) is 12.8 Å². The molecule has 1 N–H and O–H groups in total. The smallest absolute Gasteiger partial charge is 0.356 e. The van der Waals surface area contributed by atoms with Crippen molar-refractivity contribution >= 4 is 17.6 Å². The summed E-state index contributed by atoms with van der Waals surface area (Å²) in [5.41, 5.74) is 0.683. The van der Waals surface area contributed by atoms with Gasteiger partial charge in [-0.3, -0.25) is 4.68 Å². The number of nitrogens with zero attached hydrogens (tertiary/aromatic N) is 2. The Hall–Kier alpha value is -1.03. The van der Waals surface area contributed by atoms with Gasteiger partial charge in [0.05, 0.1) is 11.9 Å². The molecule has 0 aliphatic heterocycles. The SMILES string of the molecule is O=C(O)c1nn(C2CC2)cc1CCl. The minimum absolute atomic E-state index is 0.0851. The van der Waals surface area contributed by atoms with Gasteiger partial charge >= 0.3 is 5.97 Å². The van der Waals surface area contributed by atoms with Crippen LogP contribution in [0.2, 0.25) is 0 Å². The molecule has 1 fully saturated rings. The van der Waals surface area contributed by atoms with Gasteiger partial charge in [-0.15, -0.1) is 11.6 Å². The van der Waals surface area contributed by atoms with Crippen LogP contribution in [-0.2, 0) is 5.88 Å². The summed E-state index contributed by atoms with van der Waals surface area (Å²) in [5, 5.41) is 12.8. The molecule has 1 aromatic heterocycles. The van der Waals surface area contributed by atoms with Crippen molar-refractivity contribution in [3.8, 4) is 0 Å². The van der Waals surface area contributed by atoms with E-state index in [1.807, 2.05) is 0 Å². The first kappa shape index (κ1) is 8.56. The molecule has 70 valence electrons. The van der Waals surface area contributed by atoms with E-state index in [9.17, 15) is 4.79 Å². The van der Waals surface area contributed by atoms with E-state index < -0.39 is 5.97 Å². The van der Waals surface area contributed by atoms with E-state index in [0.29, 0.717) is 11.6 Å². The highest BCUT2D eigenvalue weighted by atomic mass is 35.5. The maximum Gasteiger partial charge on any atom is 0.356 e. The maximum atomic E-state index is 10.7. The molecule has 2 rings (SSSR count). The second kappa shape index (κ2) is 3.03. The van der Waals surface area contributed by atoms with Crippen molar-refractivity contribution < 1.29 is 9.90 Å². The van der Waals surface area contributed by atoms with E-state index in [1.165, 1.54) is 0 Å². The lowest BCUT2D eigenvalue weighted by Crippen LogP contribution is -2.02. The second-order valence-corrected chi connectivity index (χ2v) is 3.42. The van der Waals surface area contributed by atoms with Crippen LogP contribution in [0.4, 0.5) is 0 Å². The molecular formula is C8H9ClN2O2. The number of aromatic nitrogens is 2. The highest BCUT2D eigenvalue weighted by molar-refractivity contribution is 6.17. The van der Waals surface area contributed by atoms with Gasteiger partial charge in [0.25, 0.3) is 0 Å². The van der Waals surface area contributed by atoms with Crippen LogP contribution in [0.15, 0.2) is 6.20 Å². The summed E-state index contributed by atoms with van der Waals surface area (Å²) >= 11 is 5.60. The molecule has 0 bridgehead atoms. The zero-order valence-corrected chi connectivity index (χ0v) is 7.66. The summed E-state index contributed by atoms with van der Waals surface area (Å²) in [6, 6.07) is 0.398. The van der Waals surface area contributed by atoms with Crippen molar-refractivity contribution in [2.45, 2.75) is 24.8 Å². The molecule has 0 amide bonds. The molecule has 0 atom stereocenters. The van der Waals surface area contributed by atoms with Crippen LogP contribution in [0, 0.1) is 0 Å². The number of carbonyl (C=O) groups is 1. The van der Waals surface area contributed by atoms with Crippen molar-refractivity contribution in [3.63, 3.8) is 0 Å². The Bertz CT molecular complexity index is 344. The lowest BCUT2D eigenvalue weighted by molar-refractivity contribution is 0.0688. The number of hydrogen-bond donors (Lipinski definition) is 1. The summed E-state index contributed by atoms with van der Waals surface area (Å²) in [6.45, 7) is 0. The molecule has 0 unspecified atom stereocenters. The van der Waals surface area contributed by atoms with Crippen LogP contribution in [0.1, 0.15) is 34.9 Å². The largest absolute Gasteiger partial charge is 0.476 e. The summed E-state index contributed by atoms with van der Waals surface area (Å²) in [4.78, 5) is 10.7. The molecular weight excluding hydrogens is 192 g/mol. The number of carboxylic acids is 1. The van der Waals surface area contributed by atoms with Crippen LogP contribution in [0.3, 0.4) is 0 Å². The van der Waals surface area contributed by atoms with Gasteiger partial charge in [-0.25, -0.2) is 4.79 Å². The summed E-state index contributed by atoms with van der Waals surface area (Å²) in [7, 11) is 0. The highest BCUT2D eigenvalue weighted by Crippen LogP contribution is 2.34. The highest BCUT2D eigenvalue weighted by Gasteiger charge is 2.26. The van der Waals surface area contributed by atoms with Crippen LogP contribution >= 0.6 is 11.6 Å². The normalized spacial score (nSPS) is 16.1. The fourth-order valence-corrected chi connectivity index (χ4v) is 1.43. The zero-order valence-electron chi connectivity index (χ0n) is 6.90. The Morgan fingerprint density at radius 2 is 2.46 bits per heavy atom. The van der Waals surface area contributed by atoms with Gasteiger partial charge in [-0.05, 0) is 12.8 Å². The Balaban J connectivity index is 2.36. The van der Waals surface area contributed by atoms with Crippen molar-refractivity contribution in [2.24, 2.45) is 0 Å². The first-order chi connectivity index (χ1) is 6.22. The molecule has 0 saturated heterocycles. The summed E-state index contributed by atoms with van der Waals surface area (Å²) in [6.07, 6.45) is 3.90. The van der Waals surface area contributed by atoms with E-state index in [2.05, 4.69) is 5.10 Å². The van der Waals surface area contributed by atoms with Gasteiger partial charge in [0, 0.05) is 11.8 Å². The predicted molar refractivity (Wildman–Crippen MR) is 47.0 cm³/mol. The van der Waals surface area contributed by atoms with Crippen LogP contribution in [0.5, 0.6) is 0 Å². The van der Waals surface area contributed by atoms with E-state index in [1.54, 1.807) is 10.9 Å². The van der Waals surface area contributed by atoms with Gasteiger partial charge in [-0.1, -0.05) is 0 Å². The number of rotatable bonds is 3. The van der Waals surface area contributed by atoms with Crippen molar-refractivity contribution in [3.05, 3.63) is 17.5 Å². The minimum atomic E-state index is -1.00. The third kappa shape index (κ3) is 1.54. The molecule has 1 aliphatic carbocycles. The monoisotopic (exact) mass is 200 g/mol. The molecule has 4 nitrogen and oxygen atoms in total. The molecule has 1 heterocycles. The third-order valence-electron chi connectivity index (χ3n) is 2.08. The Kier molecular flexibility index (Phi) is 2.00. The standard InChI is InChI=1S/C8H9ClN2O2/c9-3-5-4-11(6-1-2-6)10-7(5)8(12)13/h4,6H,1-3H2,(H,12,13). The van der Waals surface area contributed by atoms with Gasteiger partial charge < -0.3 is 5.11 Å². The molecule has 13 heavy (non-hydrogen) atoms. The number of carboxylic acid groups (broad SMARTS) is 1. The first-order valence-corrected chi connectivity index (χ1v) is 4.63. The van der Waals surface area contributed by atoms with Crippen molar-refractivity contribution in [1.82, 2.24) is 9.78 Å². The van der Waals surface area contributed by atoms with Gasteiger partial charge in [0.1, 0.15) is 0 Å². The number of halogens is 1. The Morgan fingerprint density at radius 3 is 2.85 bits per heavy atom. The molecule has 0 spiro atoms. The predicted octanol–water partition coefficient (Wildman–Crippen LogP) is 1.65. The van der Waals surface area contributed by atoms with Crippen LogP contribution in [0.25, 0.3) is 0 Å². The first-order valence-electron chi connectivity index (χ1n) is 4.09. The molecule has 0 radical (unpaired) electrons. The maximum absolute atomic E-state index is 10.7. The quantitative estimate of drug-likeness (QED) is 0.755. The van der Waals surface area contributed by atoms with E-state index >= 15 is 0 Å². The zero-order chi connectivity index (χ0) is 9.42. The molecule has 5 heteroatoms.